The summed E-state index contributed by atoms with van der Waals surface area (Å²) < 4.78 is 8.67. The highest BCUT2D eigenvalue weighted by molar-refractivity contribution is 7.16. The Bertz CT molecular complexity index is 896. The van der Waals surface area contributed by atoms with Gasteiger partial charge in [0, 0.05) is 12.6 Å². The first-order valence-corrected chi connectivity index (χ1v) is 8.05. The van der Waals surface area contributed by atoms with E-state index in [1.807, 2.05) is 48.0 Å². The summed E-state index contributed by atoms with van der Waals surface area (Å²) in [5.41, 5.74) is 1.96. The molecule has 0 aliphatic carbocycles. The van der Waals surface area contributed by atoms with Crippen molar-refractivity contribution in [1.82, 2.24) is 4.57 Å². The predicted molar refractivity (Wildman–Crippen MR) is 93.0 cm³/mol. The molecular formula is C17H17N3O2S. The smallest absolute Gasteiger partial charge is 0.211 e. The molecule has 0 radical (unpaired) electrons. The zero-order chi connectivity index (χ0) is 16.1. The number of nitrogens with zero attached hydrogens (tertiary/aromatic N) is 3. The van der Waals surface area contributed by atoms with E-state index in [0.717, 1.165) is 15.9 Å². The molecule has 0 unspecified atom stereocenters. The molecule has 0 aliphatic rings. The highest BCUT2D eigenvalue weighted by Crippen LogP contribution is 2.16. The van der Waals surface area contributed by atoms with Gasteiger partial charge >= 0.3 is 0 Å². The van der Waals surface area contributed by atoms with E-state index in [0.29, 0.717) is 5.75 Å². The molecule has 0 spiro atoms. The van der Waals surface area contributed by atoms with Gasteiger partial charge in [0.05, 0.1) is 23.0 Å². The van der Waals surface area contributed by atoms with Crippen LogP contribution in [0.5, 0.6) is 5.75 Å². The van der Waals surface area contributed by atoms with Gasteiger partial charge in [-0.2, -0.15) is 5.10 Å². The third kappa shape index (κ3) is 3.49. The van der Waals surface area contributed by atoms with E-state index in [2.05, 4.69) is 22.3 Å². The van der Waals surface area contributed by atoms with Gasteiger partial charge in [-0.05, 0) is 24.3 Å². The maximum atomic E-state index is 8.86. The van der Waals surface area contributed by atoms with Crippen molar-refractivity contribution in [2.75, 3.05) is 13.2 Å². The SMILES string of the molecule is Cn1/c(=N\N=C\c2ccccc2OCCO)sc2ccccc21. The van der Waals surface area contributed by atoms with Crippen LogP contribution in [0, 0.1) is 0 Å². The van der Waals surface area contributed by atoms with Crippen LogP contribution in [0.3, 0.4) is 0 Å². The molecule has 118 valence electrons. The van der Waals surface area contributed by atoms with Crippen molar-refractivity contribution in [3.63, 3.8) is 0 Å². The van der Waals surface area contributed by atoms with Gasteiger partial charge in [0.1, 0.15) is 12.4 Å². The average Bonchev–Trinajstić information content (AvgIpc) is 2.90. The Morgan fingerprint density at radius 2 is 1.96 bits per heavy atom. The number of ether oxygens (including phenoxy) is 1. The first-order valence-electron chi connectivity index (χ1n) is 7.24. The fourth-order valence-corrected chi connectivity index (χ4v) is 3.17. The van der Waals surface area contributed by atoms with E-state index in [-0.39, 0.29) is 13.2 Å². The molecule has 3 aromatic rings. The number of para-hydroxylation sites is 2. The molecule has 0 aliphatic heterocycles. The lowest BCUT2D eigenvalue weighted by atomic mass is 10.2. The standard InChI is InChI=1S/C17H17N3O2S/c1-20-14-7-3-5-9-16(14)23-17(20)19-18-12-13-6-2-4-8-15(13)22-11-10-21/h2-9,12,21H,10-11H2,1H3/b18-12+,19-17+. The zero-order valence-corrected chi connectivity index (χ0v) is 13.5. The maximum Gasteiger partial charge on any atom is 0.211 e. The van der Waals surface area contributed by atoms with Crippen LogP contribution in [0.1, 0.15) is 5.56 Å². The molecule has 23 heavy (non-hydrogen) atoms. The van der Waals surface area contributed by atoms with Gasteiger partial charge in [0.25, 0.3) is 0 Å². The highest BCUT2D eigenvalue weighted by atomic mass is 32.1. The largest absolute Gasteiger partial charge is 0.491 e. The number of aliphatic hydroxyl groups excluding tert-OH is 1. The summed E-state index contributed by atoms with van der Waals surface area (Å²) in [6, 6.07) is 15.7. The molecule has 0 amide bonds. The normalized spacial score (nSPS) is 12.3. The molecule has 0 saturated carbocycles. The summed E-state index contributed by atoms with van der Waals surface area (Å²) in [4.78, 5) is 0.830. The molecular weight excluding hydrogens is 310 g/mol. The first kappa shape index (κ1) is 15.5. The summed E-state index contributed by atoms with van der Waals surface area (Å²) in [5, 5.41) is 17.4. The molecule has 5 nitrogen and oxygen atoms in total. The summed E-state index contributed by atoms with van der Waals surface area (Å²) in [7, 11) is 1.98. The topological polar surface area (TPSA) is 59.1 Å². The summed E-state index contributed by atoms with van der Waals surface area (Å²) >= 11 is 1.60. The van der Waals surface area contributed by atoms with Crippen LogP contribution in [-0.4, -0.2) is 29.1 Å². The van der Waals surface area contributed by atoms with Crippen molar-refractivity contribution >= 4 is 27.8 Å². The summed E-state index contributed by atoms with van der Waals surface area (Å²) in [5.74, 6) is 0.682. The molecule has 6 heteroatoms. The molecule has 0 saturated heterocycles. The second-order valence-electron chi connectivity index (χ2n) is 4.87. The van der Waals surface area contributed by atoms with Gasteiger partial charge in [-0.1, -0.05) is 35.6 Å². The summed E-state index contributed by atoms with van der Waals surface area (Å²) in [6.07, 6.45) is 1.66. The minimum atomic E-state index is -0.0204. The zero-order valence-electron chi connectivity index (χ0n) is 12.7. The lowest BCUT2D eigenvalue weighted by molar-refractivity contribution is 0.201. The lowest BCUT2D eigenvalue weighted by Gasteiger charge is -2.06. The maximum absolute atomic E-state index is 8.86. The fourth-order valence-electron chi connectivity index (χ4n) is 2.19. The van der Waals surface area contributed by atoms with Crippen LogP contribution in [0.25, 0.3) is 10.2 Å². The van der Waals surface area contributed by atoms with Gasteiger partial charge in [-0.25, -0.2) is 0 Å². The minimum Gasteiger partial charge on any atom is -0.491 e. The number of hydrogen-bond donors (Lipinski definition) is 1. The Labute approximate surface area is 137 Å². The molecule has 0 fully saturated rings. The summed E-state index contributed by atoms with van der Waals surface area (Å²) in [6.45, 7) is 0.237. The highest BCUT2D eigenvalue weighted by Gasteiger charge is 2.01. The monoisotopic (exact) mass is 327 g/mol. The van der Waals surface area contributed by atoms with Crippen LogP contribution in [0.15, 0.2) is 58.7 Å². The number of hydrogen-bond acceptors (Lipinski definition) is 5. The quantitative estimate of drug-likeness (QED) is 0.578. The average molecular weight is 327 g/mol. The first-order chi connectivity index (χ1) is 11.3. The number of aromatic nitrogens is 1. The van der Waals surface area contributed by atoms with E-state index < -0.39 is 0 Å². The van der Waals surface area contributed by atoms with Crippen molar-refractivity contribution in [3.05, 3.63) is 58.9 Å². The van der Waals surface area contributed by atoms with Crippen LogP contribution < -0.4 is 9.54 Å². The lowest BCUT2D eigenvalue weighted by Crippen LogP contribution is -2.09. The number of aryl methyl sites for hydroxylation is 1. The van der Waals surface area contributed by atoms with Gasteiger partial charge in [0.2, 0.25) is 4.80 Å². The van der Waals surface area contributed by atoms with Gasteiger partial charge in [0.15, 0.2) is 0 Å². The number of rotatable bonds is 5. The number of aliphatic hydroxyl groups is 1. The van der Waals surface area contributed by atoms with E-state index in [1.165, 1.54) is 4.70 Å². The number of thiazole rings is 1. The van der Waals surface area contributed by atoms with Gasteiger partial charge < -0.3 is 14.4 Å². The van der Waals surface area contributed by atoms with Gasteiger partial charge in [-0.3, -0.25) is 0 Å². The molecule has 3 rings (SSSR count). The van der Waals surface area contributed by atoms with Crippen molar-refractivity contribution < 1.29 is 9.84 Å². The van der Waals surface area contributed by atoms with E-state index in [1.54, 1.807) is 17.6 Å². The van der Waals surface area contributed by atoms with Crippen LogP contribution in [0.4, 0.5) is 0 Å². The van der Waals surface area contributed by atoms with Crippen molar-refractivity contribution in [3.8, 4) is 5.75 Å². The third-order valence-corrected chi connectivity index (χ3v) is 4.43. The van der Waals surface area contributed by atoms with Crippen molar-refractivity contribution in [1.29, 1.82) is 0 Å². The number of fused-ring (bicyclic) bond motifs is 1. The Morgan fingerprint density at radius 3 is 2.78 bits per heavy atom. The molecule has 1 heterocycles. The van der Waals surface area contributed by atoms with Crippen LogP contribution >= 0.6 is 11.3 Å². The van der Waals surface area contributed by atoms with E-state index in [9.17, 15) is 0 Å². The van der Waals surface area contributed by atoms with Gasteiger partial charge in [-0.15, -0.1) is 5.10 Å². The van der Waals surface area contributed by atoms with Crippen LogP contribution in [-0.2, 0) is 7.05 Å². The van der Waals surface area contributed by atoms with Crippen LogP contribution in [0.2, 0.25) is 0 Å². The second kappa shape index (κ2) is 7.21. The second-order valence-corrected chi connectivity index (χ2v) is 5.87. The third-order valence-electron chi connectivity index (χ3n) is 3.32. The van der Waals surface area contributed by atoms with E-state index >= 15 is 0 Å². The molecule has 1 aromatic heterocycles. The minimum absolute atomic E-state index is 0.0204. The molecule has 0 atom stereocenters. The Balaban J connectivity index is 1.89. The number of benzene rings is 2. The molecule has 2 aromatic carbocycles. The Hall–Kier alpha value is -2.44. The predicted octanol–water partition coefficient (Wildman–Crippen LogP) is 2.55. The van der Waals surface area contributed by atoms with E-state index in [4.69, 9.17) is 9.84 Å². The Morgan fingerprint density at radius 1 is 1.17 bits per heavy atom. The fraction of sp³-hybridized carbons (Fsp3) is 0.176. The molecule has 0 bridgehead atoms. The molecule has 1 N–H and O–H groups in total. The van der Waals surface area contributed by atoms with Crippen molar-refractivity contribution in [2.24, 2.45) is 17.3 Å². The van der Waals surface area contributed by atoms with Crippen molar-refractivity contribution in [2.45, 2.75) is 0 Å². The Kier molecular flexibility index (Phi) is 4.85.